The van der Waals surface area contributed by atoms with Crippen molar-refractivity contribution in [2.75, 3.05) is 12.9 Å². The number of esters is 1. The van der Waals surface area contributed by atoms with Crippen LogP contribution in [0.25, 0.3) is 0 Å². The summed E-state index contributed by atoms with van der Waals surface area (Å²) in [5, 5.41) is 8.57. The summed E-state index contributed by atoms with van der Waals surface area (Å²) >= 11 is 6.03. The third-order valence-corrected chi connectivity index (χ3v) is 2.46. The van der Waals surface area contributed by atoms with E-state index in [1.165, 1.54) is 11.8 Å². The van der Waals surface area contributed by atoms with Gasteiger partial charge in [-0.2, -0.15) is 5.26 Å². The Labute approximate surface area is 81.1 Å². The Morgan fingerprint density at radius 3 is 2.75 bits per heavy atom. The van der Waals surface area contributed by atoms with E-state index in [2.05, 4.69) is 4.74 Å². The van der Waals surface area contributed by atoms with Gasteiger partial charge in [0.2, 0.25) is 0 Å². The number of thioether (sulfide) groups is 1. The molecule has 0 N–H and O–H groups in total. The molecule has 0 heterocycles. The third-order valence-electron chi connectivity index (χ3n) is 1.09. The monoisotopic (exact) mass is 203 g/mol. The molecule has 0 aromatic rings. The fourth-order valence-electron chi connectivity index (χ4n) is 0.545. The normalized spacial score (nSPS) is 11.4. The van der Waals surface area contributed by atoms with E-state index in [9.17, 15) is 4.79 Å². The van der Waals surface area contributed by atoms with Crippen LogP contribution in [0.3, 0.4) is 0 Å². The van der Waals surface area contributed by atoms with E-state index in [1.54, 1.807) is 19.2 Å². The summed E-state index contributed by atoms with van der Waals surface area (Å²) in [7, 11) is 0. The molecule has 0 aliphatic carbocycles. The smallest absolute Gasteiger partial charge is 0.329 e. The lowest BCUT2D eigenvalue weighted by molar-refractivity contribution is -0.143. The predicted molar refractivity (Wildman–Crippen MR) is 51.8 cm³/mol. The molecular weight excluding hydrogens is 194 g/mol. The average molecular weight is 203 g/mol. The molecule has 0 bridgehead atoms. The number of ether oxygens (including phenoxy) is 1. The van der Waals surface area contributed by atoms with Gasteiger partial charge in [0.05, 0.1) is 16.9 Å². The van der Waals surface area contributed by atoms with Gasteiger partial charge in [0, 0.05) is 0 Å². The second kappa shape index (κ2) is 5.98. The molecule has 0 radical (unpaired) electrons. The Kier molecular flexibility index (Phi) is 5.68. The number of nitriles is 1. The van der Waals surface area contributed by atoms with Gasteiger partial charge >= 0.3 is 5.97 Å². The summed E-state index contributed by atoms with van der Waals surface area (Å²) in [6.45, 7) is 1.96. The summed E-state index contributed by atoms with van der Waals surface area (Å²) in [6, 6.07) is 1.80. The molecule has 0 aliphatic heterocycles. The van der Waals surface area contributed by atoms with Gasteiger partial charge in [-0.25, -0.2) is 0 Å². The fourth-order valence-corrected chi connectivity index (χ4v) is 1.08. The highest BCUT2D eigenvalue weighted by Gasteiger charge is 2.23. The van der Waals surface area contributed by atoms with Crippen molar-refractivity contribution in [2.24, 2.45) is 5.92 Å². The number of hydrogen-bond donors (Lipinski definition) is 0. The van der Waals surface area contributed by atoms with Crippen LogP contribution in [0, 0.1) is 17.2 Å². The molecule has 0 aromatic heterocycles. The van der Waals surface area contributed by atoms with Crippen molar-refractivity contribution in [1.82, 2.24) is 0 Å². The summed E-state index contributed by atoms with van der Waals surface area (Å²) in [5.41, 5.74) is 0. The quantitative estimate of drug-likeness (QED) is 0.512. The average Bonchev–Trinajstić information content (AvgIpc) is 2.06. The van der Waals surface area contributed by atoms with E-state index in [1.807, 2.05) is 0 Å². The number of carbonyl (C=O) groups is 1. The van der Waals surface area contributed by atoms with Gasteiger partial charge in [0.25, 0.3) is 0 Å². The van der Waals surface area contributed by atoms with Crippen molar-refractivity contribution in [1.29, 1.82) is 5.26 Å². The molecule has 0 unspecified atom stereocenters. The van der Waals surface area contributed by atoms with Gasteiger partial charge < -0.3 is 4.74 Å². The van der Waals surface area contributed by atoms with Crippen LogP contribution < -0.4 is 0 Å². The van der Waals surface area contributed by atoms with Crippen LogP contribution in [0.5, 0.6) is 0 Å². The van der Waals surface area contributed by atoms with E-state index in [4.69, 9.17) is 17.5 Å². The highest BCUT2D eigenvalue weighted by Crippen LogP contribution is 2.11. The van der Waals surface area contributed by atoms with Crippen LogP contribution in [-0.4, -0.2) is 23.0 Å². The highest BCUT2D eigenvalue weighted by molar-refractivity contribution is 8.22. The largest absolute Gasteiger partial charge is 0.465 e. The topological polar surface area (TPSA) is 50.1 Å². The van der Waals surface area contributed by atoms with E-state index in [-0.39, 0.29) is 6.61 Å². The first-order valence-electron chi connectivity index (χ1n) is 3.31. The molecule has 0 amide bonds. The summed E-state index contributed by atoms with van der Waals surface area (Å²) < 4.78 is 5.01. The Morgan fingerprint density at radius 2 is 2.42 bits per heavy atom. The van der Waals surface area contributed by atoms with E-state index in [0.717, 1.165) is 0 Å². The first kappa shape index (κ1) is 11.4. The summed E-state index contributed by atoms with van der Waals surface area (Å²) in [5.74, 6) is -1.46. The SMILES string of the molecule is CCOC(=O)[C@H](C#N)C(=S)SC. The molecule has 0 saturated heterocycles. The molecule has 0 aromatic carbocycles. The Hall–Kier alpha value is -0.600. The highest BCUT2D eigenvalue weighted by atomic mass is 32.2. The molecule has 5 heteroatoms. The first-order valence-corrected chi connectivity index (χ1v) is 4.94. The van der Waals surface area contributed by atoms with Crippen LogP contribution in [0.15, 0.2) is 0 Å². The van der Waals surface area contributed by atoms with Crippen molar-refractivity contribution in [3.8, 4) is 6.07 Å². The standard InChI is InChI=1S/C7H9NO2S2/c1-3-10-6(9)5(4-8)7(11)12-2/h5H,3H2,1-2H3/t5-/m0/s1. The van der Waals surface area contributed by atoms with Crippen LogP contribution in [0.1, 0.15) is 6.92 Å². The minimum Gasteiger partial charge on any atom is -0.465 e. The fraction of sp³-hybridized carbons (Fsp3) is 0.571. The van der Waals surface area contributed by atoms with E-state index in [0.29, 0.717) is 4.20 Å². The second-order valence-electron chi connectivity index (χ2n) is 1.84. The van der Waals surface area contributed by atoms with Gasteiger partial charge in [-0.3, -0.25) is 4.79 Å². The number of thiocarbonyl (C=S) groups is 1. The van der Waals surface area contributed by atoms with Crippen LogP contribution in [0.2, 0.25) is 0 Å². The Morgan fingerprint density at radius 1 is 1.83 bits per heavy atom. The Bertz CT molecular complexity index is 222. The van der Waals surface area contributed by atoms with Crippen molar-refractivity contribution in [3.63, 3.8) is 0 Å². The molecule has 12 heavy (non-hydrogen) atoms. The van der Waals surface area contributed by atoms with E-state index >= 15 is 0 Å². The number of hydrogen-bond acceptors (Lipinski definition) is 5. The molecule has 3 nitrogen and oxygen atoms in total. The molecular formula is C7H9NO2S2. The number of carbonyl (C=O) groups excluding carboxylic acids is 1. The molecule has 66 valence electrons. The lowest BCUT2D eigenvalue weighted by atomic mass is 10.2. The molecule has 1 atom stereocenters. The zero-order valence-electron chi connectivity index (χ0n) is 6.86. The van der Waals surface area contributed by atoms with Crippen LogP contribution in [0.4, 0.5) is 0 Å². The van der Waals surface area contributed by atoms with Gasteiger partial charge in [-0.1, -0.05) is 12.2 Å². The van der Waals surface area contributed by atoms with Gasteiger partial charge in [-0.05, 0) is 13.2 Å². The Balaban J connectivity index is 4.27. The molecule has 0 aliphatic rings. The maximum atomic E-state index is 11.0. The minimum absolute atomic E-state index is 0.272. The van der Waals surface area contributed by atoms with Crippen LogP contribution >= 0.6 is 24.0 Å². The lowest BCUT2D eigenvalue weighted by Crippen LogP contribution is -2.21. The number of rotatable bonds is 3. The molecule has 0 saturated carbocycles. The van der Waals surface area contributed by atoms with Crippen molar-refractivity contribution >= 4 is 34.1 Å². The van der Waals surface area contributed by atoms with E-state index < -0.39 is 11.9 Å². The van der Waals surface area contributed by atoms with Crippen molar-refractivity contribution < 1.29 is 9.53 Å². The van der Waals surface area contributed by atoms with Crippen molar-refractivity contribution in [3.05, 3.63) is 0 Å². The maximum absolute atomic E-state index is 11.0. The minimum atomic E-state index is -0.907. The van der Waals surface area contributed by atoms with Gasteiger partial charge in [0.15, 0.2) is 5.92 Å². The zero-order chi connectivity index (χ0) is 9.56. The van der Waals surface area contributed by atoms with Crippen LogP contribution in [-0.2, 0) is 9.53 Å². The van der Waals surface area contributed by atoms with Crippen molar-refractivity contribution in [2.45, 2.75) is 6.92 Å². The zero-order valence-corrected chi connectivity index (χ0v) is 8.50. The van der Waals surface area contributed by atoms with Gasteiger partial charge in [-0.15, -0.1) is 11.8 Å². The maximum Gasteiger partial charge on any atom is 0.329 e. The first-order chi connectivity index (χ1) is 5.67. The summed E-state index contributed by atoms with van der Waals surface area (Å²) in [6.07, 6.45) is 1.73. The summed E-state index contributed by atoms with van der Waals surface area (Å²) in [4.78, 5) is 11.0. The third kappa shape index (κ3) is 3.20. The predicted octanol–water partition coefficient (Wildman–Crippen LogP) is 1.38. The molecule has 0 rings (SSSR count). The van der Waals surface area contributed by atoms with Gasteiger partial charge in [0.1, 0.15) is 0 Å². The number of nitrogens with zero attached hydrogens (tertiary/aromatic N) is 1. The molecule has 0 spiro atoms. The lowest BCUT2D eigenvalue weighted by Gasteiger charge is -2.06. The molecule has 0 fully saturated rings. The second-order valence-corrected chi connectivity index (χ2v) is 3.38.